The Balaban J connectivity index is 1.65. The highest BCUT2D eigenvalue weighted by molar-refractivity contribution is 7.89. The molecule has 1 fully saturated rings. The Morgan fingerprint density at radius 2 is 2.00 bits per heavy atom. The lowest BCUT2D eigenvalue weighted by molar-refractivity contribution is -0.138. The van der Waals surface area contributed by atoms with E-state index in [-0.39, 0.29) is 6.04 Å². The molecule has 2 atom stereocenters. The third-order valence-electron chi connectivity index (χ3n) is 6.32. The first-order valence-electron chi connectivity index (χ1n) is 11.3. The lowest BCUT2D eigenvalue weighted by Gasteiger charge is -2.23. The molecule has 1 aliphatic heterocycles. The fourth-order valence-electron chi connectivity index (χ4n) is 4.65. The van der Waals surface area contributed by atoms with Crippen molar-refractivity contribution in [1.29, 1.82) is 0 Å². The van der Waals surface area contributed by atoms with Crippen molar-refractivity contribution in [2.45, 2.75) is 62.2 Å². The number of hydrogen-bond donors (Lipinski definition) is 2. The van der Waals surface area contributed by atoms with Crippen LogP contribution in [0.5, 0.6) is 0 Å². The monoisotopic (exact) mass is 495 g/mol. The first-order valence-corrected chi connectivity index (χ1v) is 12.4. The van der Waals surface area contributed by atoms with Gasteiger partial charge in [-0.2, -0.15) is 18.3 Å². The smallest absolute Gasteiger partial charge is 0.405 e. The van der Waals surface area contributed by atoms with E-state index in [1.807, 2.05) is 10.8 Å². The standard InChI is InChI=1S/C23H28F3N5O2S/c1-15-18-12-16(8-9-21(18)34(33)30(15)14-23(24,25)26)28-22-19(13-32)20(10-11-27-2)31(29-22)17-6-4-3-5-7-17/h8-13,15,17,27H,3-7,14H2,1-2H3,(H,28,29)/b11-10-. The second-order valence-corrected chi connectivity index (χ2v) is 10.0. The lowest BCUT2D eigenvalue weighted by Crippen LogP contribution is -2.36. The molecular formula is C23H28F3N5O2S. The number of benzene rings is 1. The highest BCUT2D eigenvalue weighted by Gasteiger charge is 2.46. The molecule has 1 aromatic heterocycles. The summed E-state index contributed by atoms with van der Waals surface area (Å²) in [7, 11) is 1.77. The Labute approximate surface area is 199 Å². The zero-order valence-electron chi connectivity index (χ0n) is 19.1. The van der Waals surface area contributed by atoms with Gasteiger partial charge in [-0.25, -0.2) is 0 Å². The fourth-order valence-corrected chi connectivity index (χ4v) is 6.18. The van der Waals surface area contributed by atoms with Crippen LogP contribution in [0.25, 0.3) is 6.08 Å². The first-order chi connectivity index (χ1) is 16.2. The summed E-state index contributed by atoms with van der Waals surface area (Å²) < 4.78 is 54.4. The minimum atomic E-state index is -4.45. The highest BCUT2D eigenvalue weighted by atomic mass is 32.2. The number of halogens is 3. The summed E-state index contributed by atoms with van der Waals surface area (Å²) >= 11 is -1.89. The Kier molecular flexibility index (Phi) is 7.25. The molecule has 1 aromatic carbocycles. The molecule has 2 heterocycles. The van der Waals surface area contributed by atoms with Gasteiger partial charge in [0.2, 0.25) is 0 Å². The molecule has 0 amide bonds. The number of aldehydes is 1. The summed E-state index contributed by atoms with van der Waals surface area (Å²) in [6, 6.07) is 4.43. The van der Waals surface area contributed by atoms with Gasteiger partial charge in [0.15, 0.2) is 17.0 Å². The summed E-state index contributed by atoms with van der Waals surface area (Å²) in [5.74, 6) is 0.384. The molecule has 0 spiro atoms. The number of rotatable bonds is 7. The number of nitrogens with zero attached hydrogens (tertiary/aromatic N) is 3. The molecule has 1 aliphatic carbocycles. The van der Waals surface area contributed by atoms with E-state index in [0.717, 1.165) is 36.3 Å². The Morgan fingerprint density at radius 1 is 1.26 bits per heavy atom. The number of alkyl halides is 3. The molecule has 2 aromatic rings. The van der Waals surface area contributed by atoms with E-state index in [4.69, 9.17) is 5.10 Å². The predicted molar refractivity (Wildman–Crippen MR) is 125 cm³/mol. The minimum absolute atomic E-state index is 0.192. The van der Waals surface area contributed by atoms with Gasteiger partial charge in [-0.15, -0.1) is 4.31 Å². The van der Waals surface area contributed by atoms with E-state index in [1.54, 1.807) is 38.4 Å². The van der Waals surface area contributed by atoms with Crippen LogP contribution in [0.1, 0.15) is 72.7 Å². The van der Waals surface area contributed by atoms with Crippen molar-refractivity contribution >= 4 is 35.2 Å². The van der Waals surface area contributed by atoms with Crippen molar-refractivity contribution in [1.82, 2.24) is 19.4 Å². The minimum Gasteiger partial charge on any atom is -0.593 e. The van der Waals surface area contributed by atoms with Gasteiger partial charge in [0, 0.05) is 18.3 Å². The molecule has 2 N–H and O–H groups in total. The molecule has 0 bridgehead atoms. The molecule has 2 aliphatic rings. The average molecular weight is 496 g/mol. The van der Waals surface area contributed by atoms with Crippen molar-refractivity contribution in [3.8, 4) is 0 Å². The summed E-state index contributed by atoms with van der Waals surface area (Å²) in [5.41, 5.74) is 2.23. The largest absolute Gasteiger partial charge is 0.593 e. The van der Waals surface area contributed by atoms with Crippen LogP contribution in [0.2, 0.25) is 0 Å². The van der Waals surface area contributed by atoms with Crippen LogP contribution in [0.4, 0.5) is 24.7 Å². The highest BCUT2D eigenvalue weighted by Crippen LogP contribution is 2.42. The maximum absolute atomic E-state index is 13.0. The van der Waals surface area contributed by atoms with Gasteiger partial charge in [0.05, 0.1) is 34.7 Å². The molecule has 4 rings (SSSR count). The van der Waals surface area contributed by atoms with Gasteiger partial charge < -0.3 is 15.2 Å². The molecule has 0 radical (unpaired) electrons. The van der Waals surface area contributed by atoms with E-state index in [1.165, 1.54) is 6.42 Å². The number of carbonyl (C=O) groups is 1. The van der Waals surface area contributed by atoms with Gasteiger partial charge in [-0.05, 0) is 50.2 Å². The molecule has 1 saturated carbocycles. The number of aromatic nitrogens is 2. The molecule has 7 nitrogen and oxygen atoms in total. The van der Waals surface area contributed by atoms with Crippen molar-refractivity contribution in [3.63, 3.8) is 0 Å². The quantitative estimate of drug-likeness (QED) is 0.411. The number of nitrogens with one attached hydrogen (secondary N) is 2. The molecular weight excluding hydrogens is 467 g/mol. The number of fused-ring (bicyclic) bond motifs is 1. The van der Waals surface area contributed by atoms with Crippen LogP contribution in [-0.2, 0) is 11.4 Å². The maximum atomic E-state index is 13.0. The van der Waals surface area contributed by atoms with Crippen LogP contribution in [0.15, 0.2) is 29.3 Å². The number of anilines is 2. The van der Waals surface area contributed by atoms with E-state index in [2.05, 4.69) is 10.6 Å². The van der Waals surface area contributed by atoms with Gasteiger partial charge in [-0.3, -0.25) is 9.48 Å². The van der Waals surface area contributed by atoms with Crippen molar-refractivity contribution in [3.05, 3.63) is 41.2 Å². The predicted octanol–water partition coefficient (Wildman–Crippen LogP) is 5.10. The molecule has 184 valence electrons. The zero-order valence-corrected chi connectivity index (χ0v) is 19.9. The summed E-state index contributed by atoms with van der Waals surface area (Å²) in [5, 5.41) is 10.8. The van der Waals surface area contributed by atoms with Crippen molar-refractivity contribution < 1.29 is 22.5 Å². The second kappa shape index (κ2) is 10.0. The van der Waals surface area contributed by atoms with Gasteiger partial charge in [-0.1, -0.05) is 19.3 Å². The Hall–Kier alpha value is -2.50. The second-order valence-electron chi connectivity index (χ2n) is 8.62. The Bertz CT molecular complexity index is 1070. The number of hydrogen-bond acceptors (Lipinski definition) is 6. The van der Waals surface area contributed by atoms with Crippen molar-refractivity contribution in [2.75, 3.05) is 18.9 Å². The molecule has 0 saturated heterocycles. The number of carbonyl (C=O) groups excluding carboxylic acids is 1. The van der Waals surface area contributed by atoms with Gasteiger partial charge >= 0.3 is 6.18 Å². The molecule has 34 heavy (non-hydrogen) atoms. The van der Waals surface area contributed by atoms with Crippen LogP contribution < -0.4 is 10.6 Å². The third-order valence-corrected chi connectivity index (χ3v) is 7.94. The van der Waals surface area contributed by atoms with Crippen LogP contribution >= 0.6 is 0 Å². The SMILES string of the molecule is CN/C=C\c1c(C=O)c(Nc2ccc3c(c2)C(C)N(CC(F)(F)F)[S+]3[O-])nn1C1CCCCC1. The normalized spacial score (nSPS) is 21.7. The van der Waals surface area contributed by atoms with Crippen LogP contribution in [-0.4, -0.2) is 44.7 Å². The first kappa shape index (κ1) is 24.6. The van der Waals surface area contributed by atoms with E-state index in [9.17, 15) is 22.5 Å². The van der Waals surface area contributed by atoms with E-state index < -0.39 is 30.1 Å². The average Bonchev–Trinajstić information content (AvgIpc) is 3.27. The van der Waals surface area contributed by atoms with Crippen LogP contribution in [0, 0.1) is 0 Å². The van der Waals surface area contributed by atoms with Gasteiger partial charge in [0.25, 0.3) is 0 Å². The van der Waals surface area contributed by atoms with Crippen LogP contribution in [0.3, 0.4) is 0 Å². The third kappa shape index (κ3) is 4.96. The lowest BCUT2D eigenvalue weighted by atomic mass is 9.95. The molecule has 11 heteroatoms. The summed E-state index contributed by atoms with van der Waals surface area (Å²) in [4.78, 5) is 12.4. The Morgan fingerprint density at radius 3 is 2.65 bits per heavy atom. The fraction of sp³-hybridized carbons (Fsp3) is 0.478. The van der Waals surface area contributed by atoms with E-state index in [0.29, 0.717) is 33.2 Å². The van der Waals surface area contributed by atoms with Crippen molar-refractivity contribution in [2.24, 2.45) is 0 Å². The van der Waals surface area contributed by atoms with E-state index >= 15 is 0 Å². The molecule has 2 unspecified atom stereocenters. The maximum Gasteiger partial charge on any atom is 0.405 e. The zero-order chi connectivity index (χ0) is 24.5. The summed E-state index contributed by atoms with van der Waals surface area (Å²) in [6.07, 6.45) is 5.24. The topological polar surface area (TPSA) is 85.2 Å². The summed E-state index contributed by atoms with van der Waals surface area (Å²) in [6.45, 7) is 0.356. The van der Waals surface area contributed by atoms with Gasteiger partial charge in [0.1, 0.15) is 6.54 Å².